The van der Waals surface area contributed by atoms with Crippen molar-refractivity contribution in [2.75, 3.05) is 11.9 Å². The van der Waals surface area contributed by atoms with Crippen LogP contribution in [-0.4, -0.2) is 23.5 Å². The fraction of sp³-hybridized carbons (Fsp3) is 0.269. The van der Waals surface area contributed by atoms with Crippen LogP contribution in [-0.2, 0) is 16.0 Å². The molecule has 3 aromatic carbocycles. The number of benzene rings is 3. The van der Waals surface area contributed by atoms with Gasteiger partial charge < -0.3 is 15.0 Å². The molecule has 30 heavy (non-hydrogen) atoms. The van der Waals surface area contributed by atoms with Gasteiger partial charge in [0.05, 0.1) is 24.1 Å². The van der Waals surface area contributed by atoms with E-state index in [1.165, 1.54) is 11.1 Å². The molecule has 3 aliphatic heterocycles. The first-order valence-corrected chi connectivity index (χ1v) is 10.6. The summed E-state index contributed by atoms with van der Waals surface area (Å²) in [5.41, 5.74) is 4.06. The molecular weight excluding hydrogens is 372 g/mol. The molecule has 0 aliphatic carbocycles. The van der Waals surface area contributed by atoms with Crippen LogP contribution in [0.5, 0.6) is 0 Å². The van der Waals surface area contributed by atoms with Crippen LogP contribution in [0.1, 0.15) is 35.4 Å². The molecule has 4 atom stereocenters. The Morgan fingerprint density at radius 2 is 1.53 bits per heavy atom. The van der Waals surface area contributed by atoms with Crippen molar-refractivity contribution < 1.29 is 9.53 Å². The number of anilines is 1. The Balaban J connectivity index is 1.45. The summed E-state index contributed by atoms with van der Waals surface area (Å²) >= 11 is 0. The van der Waals surface area contributed by atoms with Crippen LogP contribution in [0.15, 0.2) is 84.9 Å². The molecule has 3 aromatic rings. The van der Waals surface area contributed by atoms with Crippen molar-refractivity contribution in [3.05, 3.63) is 102 Å². The maximum absolute atomic E-state index is 14.1. The number of nitrogens with one attached hydrogen (secondary N) is 1. The van der Waals surface area contributed by atoms with E-state index in [0.717, 1.165) is 24.1 Å². The molecule has 0 unspecified atom stereocenters. The van der Waals surface area contributed by atoms with Gasteiger partial charge in [-0.25, -0.2) is 0 Å². The van der Waals surface area contributed by atoms with E-state index in [4.69, 9.17) is 4.74 Å². The molecule has 1 spiro atoms. The zero-order chi connectivity index (χ0) is 20.1. The summed E-state index contributed by atoms with van der Waals surface area (Å²) in [5, 5.41) is 3.73. The quantitative estimate of drug-likeness (QED) is 0.682. The van der Waals surface area contributed by atoms with E-state index in [1.807, 2.05) is 29.2 Å². The highest BCUT2D eigenvalue weighted by Gasteiger charge is 2.61. The van der Waals surface area contributed by atoms with Gasteiger partial charge in [-0.3, -0.25) is 4.79 Å². The summed E-state index contributed by atoms with van der Waals surface area (Å²) in [6, 6.07) is 29.0. The maximum atomic E-state index is 14.1. The maximum Gasteiger partial charge on any atom is 0.234 e. The van der Waals surface area contributed by atoms with Crippen molar-refractivity contribution in [2.45, 2.75) is 31.2 Å². The molecule has 0 saturated carbocycles. The number of carbonyl (C=O) groups excluding carboxylic acids is 1. The summed E-state index contributed by atoms with van der Waals surface area (Å²) in [5.74, 6) is 0.203. The van der Waals surface area contributed by atoms with Gasteiger partial charge in [-0.15, -0.1) is 0 Å². The number of ether oxygens (including phenoxy) is 1. The smallest absolute Gasteiger partial charge is 0.234 e. The average molecular weight is 396 g/mol. The summed E-state index contributed by atoms with van der Waals surface area (Å²) < 4.78 is 6.11. The first kappa shape index (κ1) is 17.7. The van der Waals surface area contributed by atoms with Crippen molar-refractivity contribution in [1.82, 2.24) is 4.90 Å². The third-order valence-corrected chi connectivity index (χ3v) is 6.95. The minimum Gasteiger partial charge on any atom is -0.377 e. The fourth-order valence-electron chi connectivity index (χ4n) is 5.61. The number of fused-ring (bicyclic) bond motifs is 2. The number of para-hydroxylation sites is 1. The molecule has 1 amide bonds. The fourth-order valence-corrected chi connectivity index (χ4v) is 5.61. The van der Waals surface area contributed by atoms with E-state index < -0.39 is 5.41 Å². The summed E-state index contributed by atoms with van der Waals surface area (Å²) in [4.78, 5) is 16.2. The minimum atomic E-state index is -0.503. The Hall–Kier alpha value is -3.11. The van der Waals surface area contributed by atoms with Crippen LogP contribution in [0.3, 0.4) is 0 Å². The largest absolute Gasteiger partial charge is 0.377 e. The molecule has 2 saturated heterocycles. The van der Waals surface area contributed by atoms with Gasteiger partial charge in [0.1, 0.15) is 0 Å². The van der Waals surface area contributed by atoms with Crippen molar-refractivity contribution >= 4 is 11.6 Å². The van der Waals surface area contributed by atoms with Gasteiger partial charge in [0.25, 0.3) is 0 Å². The number of rotatable bonds is 2. The first-order chi connectivity index (χ1) is 14.8. The summed E-state index contributed by atoms with van der Waals surface area (Å²) in [7, 11) is 0. The molecule has 3 heterocycles. The number of nitrogens with zero attached hydrogens (tertiary/aromatic N) is 1. The van der Waals surface area contributed by atoms with E-state index in [9.17, 15) is 4.79 Å². The number of hydrogen-bond acceptors (Lipinski definition) is 3. The Kier molecular flexibility index (Phi) is 3.96. The van der Waals surface area contributed by atoms with Gasteiger partial charge in [-0.2, -0.15) is 0 Å². The van der Waals surface area contributed by atoms with E-state index in [1.54, 1.807) is 0 Å². The minimum absolute atomic E-state index is 0.0527. The summed E-state index contributed by atoms with van der Waals surface area (Å²) in [6.45, 7) is 0.593. The number of hydrogen-bond donors (Lipinski definition) is 1. The van der Waals surface area contributed by atoms with Crippen molar-refractivity contribution in [3.63, 3.8) is 0 Å². The third-order valence-electron chi connectivity index (χ3n) is 6.95. The molecule has 150 valence electrons. The monoisotopic (exact) mass is 396 g/mol. The highest BCUT2D eigenvalue weighted by Crippen LogP contribution is 2.56. The van der Waals surface area contributed by atoms with E-state index in [2.05, 4.69) is 66.0 Å². The third kappa shape index (κ3) is 2.53. The van der Waals surface area contributed by atoms with Crippen LogP contribution in [0.25, 0.3) is 0 Å². The van der Waals surface area contributed by atoms with Gasteiger partial charge in [-0.1, -0.05) is 78.9 Å². The lowest BCUT2D eigenvalue weighted by molar-refractivity contribution is -0.143. The predicted molar refractivity (Wildman–Crippen MR) is 116 cm³/mol. The molecule has 0 radical (unpaired) electrons. The lowest BCUT2D eigenvalue weighted by Crippen LogP contribution is -2.46. The summed E-state index contributed by atoms with van der Waals surface area (Å²) in [6.07, 6.45) is 1.26. The van der Waals surface area contributed by atoms with Gasteiger partial charge >= 0.3 is 0 Å². The Bertz CT molecular complexity index is 1080. The van der Waals surface area contributed by atoms with Crippen molar-refractivity contribution in [2.24, 2.45) is 5.41 Å². The predicted octanol–water partition coefficient (Wildman–Crippen LogP) is 4.71. The Labute approximate surface area is 176 Å². The highest BCUT2D eigenvalue weighted by molar-refractivity contribution is 5.89. The average Bonchev–Trinajstić information content (AvgIpc) is 3.33. The van der Waals surface area contributed by atoms with E-state index >= 15 is 0 Å². The topological polar surface area (TPSA) is 41.6 Å². The zero-order valence-corrected chi connectivity index (χ0v) is 16.7. The molecule has 0 aromatic heterocycles. The SMILES string of the molecule is O=C1N2[C@@H](CO[C@H]2c2ccccc2)C[C@@]12Cc1ccccc1N[C@@H]2c1ccccc1. The molecule has 0 bridgehead atoms. The molecule has 1 N–H and O–H groups in total. The lowest BCUT2D eigenvalue weighted by atomic mass is 9.68. The number of amides is 1. The second kappa shape index (κ2) is 6.71. The molecule has 4 nitrogen and oxygen atoms in total. The number of carbonyl (C=O) groups is 1. The molecule has 4 heteroatoms. The van der Waals surface area contributed by atoms with Crippen molar-refractivity contribution in [3.8, 4) is 0 Å². The Morgan fingerprint density at radius 3 is 2.30 bits per heavy atom. The van der Waals surface area contributed by atoms with Crippen LogP contribution < -0.4 is 5.32 Å². The highest BCUT2D eigenvalue weighted by atomic mass is 16.5. The normalized spacial score (nSPS) is 29.5. The molecule has 6 rings (SSSR count). The van der Waals surface area contributed by atoms with Crippen molar-refractivity contribution in [1.29, 1.82) is 0 Å². The van der Waals surface area contributed by atoms with Crippen LogP contribution in [0, 0.1) is 5.41 Å². The van der Waals surface area contributed by atoms with Gasteiger partial charge in [0, 0.05) is 11.3 Å². The molecular formula is C26H24N2O2. The Morgan fingerprint density at radius 1 is 0.867 bits per heavy atom. The zero-order valence-electron chi connectivity index (χ0n) is 16.7. The van der Waals surface area contributed by atoms with Gasteiger partial charge in [0.2, 0.25) is 5.91 Å². The van der Waals surface area contributed by atoms with E-state index in [0.29, 0.717) is 6.61 Å². The van der Waals surface area contributed by atoms with Crippen LogP contribution in [0.4, 0.5) is 5.69 Å². The van der Waals surface area contributed by atoms with Gasteiger partial charge in [0.15, 0.2) is 6.23 Å². The lowest BCUT2D eigenvalue weighted by Gasteiger charge is -2.42. The second-order valence-corrected chi connectivity index (χ2v) is 8.64. The standard InChI is InChI=1S/C26H24N2O2/c29-25-26(16-21-17-30-24(28(21)25)19-11-5-2-6-12-19)15-20-13-7-8-14-22(20)27-23(26)18-9-3-1-4-10-18/h1-14,21,23-24,27H,15-17H2/t21-,23-,24+,26-/m1/s1. The van der Waals surface area contributed by atoms with E-state index in [-0.39, 0.29) is 24.2 Å². The van der Waals surface area contributed by atoms with Crippen LogP contribution in [0.2, 0.25) is 0 Å². The molecule has 2 fully saturated rings. The van der Waals surface area contributed by atoms with Crippen LogP contribution >= 0.6 is 0 Å². The molecule has 3 aliphatic rings. The first-order valence-electron chi connectivity index (χ1n) is 10.6. The second-order valence-electron chi connectivity index (χ2n) is 8.64. The van der Waals surface area contributed by atoms with Gasteiger partial charge in [-0.05, 0) is 30.0 Å².